The van der Waals surface area contributed by atoms with Crippen molar-refractivity contribution in [3.8, 4) is 5.75 Å². The van der Waals surface area contributed by atoms with Gasteiger partial charge >= 0.3 is 0 Å². The molecule has 0 bridgehead atoms. The normalized spacial score (nSPS) is 17.1. The number of aryl methyl sites for hydroxylation is 1. The maximum Gasteiger partial charge on any atom is 0.206 e. The van der Waals surface area contributed by atoms with Crippen molar-refractivity contribution in [1.29, 1.82) is 5.41 Å². The van der Waals surface area contributed by atoms with Gasteiger partial charge in [-0.05, 0) is 29.7 Å². The van der Waals surface area contributed by atoms with Crippen LogP contribution in [0.3, 0.4) is 0 Å². The lowest BCUT2D eigenvalue weighted by Gasteiger charge is -2.27. The van der Waals surface area contributed by atoms with Crippen LogP contribution >= 0.6 is 0 Å². The second-order valence-corrected chi connectivity index (χ2v) is 8.59. The molecule has 2 heterocycles. The Hall–Kier alpha value is -3.27. The zero-order valence-corrected chi connectivity index (χ0v) is 17.7. The number of para-hydroxylation sites is 3. The molecule has 5 rings (SSSR count). The summed E-state index contributed by atoms with van der Waals surface area (Å²) < 4.78 is 10.8. The van der Waals surface area contributed by atoms with Crippen molar-refractivity contribution < 1.29 is 4.74 Å². The molecule has 0 aliphatic carbocycles. The van der Waals surface area contributed by atoms with E-state index in [1.165, 1.54) is 16.7 Å². The standard InChI is InChI=1S/C26H27N3O/c1-4-19-13-10-14-20-23(19)30-24(26(20,2)3)29-22-16-9-8-15-21(22)28(25(29)27)17-18-11-6-5-7-12-18/h5-16,24,27H,4,17H2,1-3H3. The Morgan fingerprint density at radius 3 is 2.33 bits per heavy atom. The van der Waals surface area contributed by atoms with E-state index < -0.39 is 0 Å². The van der Waals surface area contributed by atoms with Gasteiger partial charge in [0.1, 0.15) is 5.75 Å². The van der Waals surface area contributed by atoms with Gasteiger partial charge < -0.3 is 9.30 Å². The summed E-state index contributed by atoms with van der Waals surface area (Å²) in [5.41, 5.74) is 5.93. The molecule has 1 aliphatic rings. The molecule has 0 saturated heterocycles. The lowest BCUT2D eigenvalue weighted by Crippen LogP contribution is -2.37. The minimum atomic E-state index is -0.269. The van der Waals surface area contributed by atoms with E-state index in [0.29, 0.717) is 12.2 Å². The molecule has 4 nitrogen and oxygen atoms in total. The van der Waals surface area contributed by atoms with E-state index in [0.717, 1.165) is 23.2 Å². The molecular weight excluding hydrogens is 370 g/mol. The lowest BCUT2D eigenvalue weighted by molar-refractivity contribution is 0.0927. The van der Waals surface area contributed by atoms with Crippen LogP contribution in [0.25, 0.3) is 11.0 Å². The highest BCUT2D eigenvalue weighted by atomic mass is 16.5. The average molecular weight is 398 g/mol. The maximum atomic E-state index is 9.12. The average Bonchev–Trinajstić information content (AvgIpc) is 3.19. The first kappa shape index (κ1) is 18.7. The summed E-state index contributed by atoms with van der Waals surface area (Å²) >= 11 is 0. The molecule has 152 valence electrons. The third-order valence-electron chi connectivity index (χ3n) is 6.35. The number of imidazole rings is 1. The molecule has 3 aromatic carbocycles. The molecule has 0 amide bonds. The maximum absolute atomic E-state index is 9.12. The topological polar surface area (TPSA) is 42.9 Å². The van der Waals surface area contributed by atoms with Crippen LogP contribution in [0, 0.1) is 5.41 Å². The van der Waals surface area contributed by atoms with Gasteiger partial charge in [0.2, 0.25) is 5.62 Å². The lowest BCUT2D eigenvalue weighted by atomic mass is 9.83. The highest BCUT2D eigenvalue weighted by Crippen LogP contribution is 2.49. The summed E-state index contributed by atoms with van der Waals surface area (Å²) in [6.07, 6.45) is 0.662. The SMILES string of the molecule is CCc1cccc2c1OC(n1c(=N)n(Cc3ccccc3)c3ccccc31)C2(C)C. The van der Waals surface area contributed by atoms with Crippen LogP contribution in [0.5, 0.6) is 5.75 Å². The third kappa shape index (κ3) is 2.71. The van der Waals surface area contributed by atoms with Crippen LogP contribution < -0.4 is 10.4 Å². The molecule has 30 heavy (non-hydrogen) atoms. The zero-order chi connectivity index (χ0) is 20.9. The molecule has 4 aromatic rings. The number of nitrogens with one attached hydrogen (secondary N) is 1. The predicted octanol–water partition coefficient (Wildman–Crippen LogP) is 5.40. The van der Waals surface area contributed by atoms with Gasteiger partial charge in [-0.25, -0.2) is 0 Å². The van der Waals surface area contributed by atoms with Crippen LogP contribution in [-0.2, 0) is 18.4 Å². The predicted molar refractivity (Wildman–Crippen MR) is 120 cm³/mol. The molecule has 0 fully saturated rings. The molecule has 1 N–H and O–H groups in total. The molecule has 1 aliphatic heterocycles. The first-order chi connectivity index (χ1) is 14.5. The van der Waals surface area contributed by atoms with Gasteiger partial charge in [0, 0.05) is 11.0 Å². The number of rotatable bonds is 4. The van der Waals surface area contributed by atoms with Crippen molar-refractivity contribution in [3.63, 3.8) is 0 Å². The van der Waals surface area contributed by atoms with Crippen molar-refractivity contribution in [2.75, 3.05) is 0 Å². The molecule has 0 spiro atoms. The number of nitrogens with zero attached hydrogens (tertiary/aromatic N) is 2. The van der Waals surface area contributed by atoms with E-state index in [1.807, 2.05) is 30.3 Å². The summed E-state index contributed by atoms with van der Waals surface area (Å²) in [6.45, 7) is 7.26. The summed E-state index contributed by atoms with van der Waals surface area (Å²) in [4.78, 5) is 0. The summed E-state index contributed by atoms with van der Waals surface area (Å²) in [5, 5.41) is 9.12. The van der Waals surface area contributed by atoms with Gasteiger partial charge in [-0.15, -0.1) is 0 Å². The summed E-state index contributed by atoms with van der Waals surface area (Å²) in [7, 11) is 0. The molecule has 1 atom stereocenters. The summed E-state index contributed by atoms with van der Waals surface area (Å²) in [5.74, 6) is 0.988. The minimum Gasteiger partial charge on any atom is -0.469 e. The van der Waals surface area contributed by atoms with E-state index in [2.05, 4.69) is 72.4 Å². The van der Waals surface area contributed by atoms with Gasteiger partial charge in [0.05, 0.1) is 17.6 Å². The fourth-order valence-electron chi connectivity index (χ4n) is 4.70. The largest absolute Gasteiger partial charge is 0.469 e. The second-order valence-electron chi connectivity index (χ2n) is 8.59. The first-order valence-corrected chi connectivity index (χ1v) is 10.6. The van der Waals surface area contributed by atoms with Crippen LogP contribution in [0.4, 0.5) is 0 Å². The van der Waals surface area contributed by atoms with Crippen LogP contribution in [0.15, 0.2) is 72.8 Å². The summed E-state index contributed by atoms with van der Waals surface area (Å²) in [6, 6.07) is 25.0. The smallest absolute Gasteiger partial charge is 0.206 e. The van der Waals surface area contributed by atoms with Crippen molar-refractivity contribution in [1.82, 2.24) is 9.13 Å². The van der Waals surface area contributed by atoms with Gasteiger partial charge in [0.25, 0.3) is 0 Å². The van der Waals surface area contributed by atoms with Crippen molar-refractivity contribution >= 4 is 11.0 Å². The Bertz CT molecular complexity index is 1280. The van der Waals surface area contributed by atoms with E-state index in [1.54, 1.807) is 0 Å². The zero-order valence-electron chi connectivity index (χ0n) is 17.7. The molecule has 0 saturated carbocycles. The fourth-order valence-corrected chi connectivity index (χ4v) is 4.70. The molecular formula is C26H27N3O. The number of benzene rings is 3. The number of hydrogen-bond acceptors (Lipinski definition) is 2. The van der Waals surface area contributed by atoms with E-state index in [9.17, 15) is 0 Å². The van der Waals surface area contributed by atoms with Crippen LogP contribution in [-0.4, -0.2) is 9.13 Å². The van der Waals surface area contributed by atoms with Gasteiger partial charge in [0.15, 0.2) is 6.23 Å². The number of aromatic nitrogens is 2. The van der Waals surface area contributed by atoms with Gasteiger partial charge in [-0.3, -0.25) is 9.98 Å². The number of hydrogen-bond donors (Lipinski definition) is 1. The molecule has 1 unspecified atom stereocenters. The highest BCUT2D eigenvalue weighted by Gasteiger charge is 2.44. The highest BCUT2D eigenvalue weighted by molar-refractivity contribution is 5.76. The number of fused-ring (bicyclic) bond motifs is 2. The first-order valence-electron chi connectivity index (χ1n) is 10.6. The number of ether oxygens (including phenoxy) is 1. The fraction of sp³-hybridized carbons (Fsp3) is 0.269. The Balaban J connectivity index is 1.69. The monoisotopic (exact) mass is 397 g/mol. The Morgan fingerprint density at radius 2 is 1.60 bits per heavy atom. The Morgan fingerprint density at radius 1 is 0.900 bits per heavy atom. The molecule has 4 heteroatoms. The minimum absolute atomic E-state index is 0.247. The Labute approximate surface area is 176 Å². The van der Waals surface area contributed by atoms with E-state index >= 15 is 0 Å². The van der Waals surface area contributed by atoms with E-state index in [4.69, 9.17) is 10.1 Å². The Kier molecular flexibility index (Phi) is 4.31. The van der Waals surface area contributed by atoms with Gasteiger partial charge in [-0.1, -0.05) is 81.4 Å². The molecule has 0 radical (unpaired) electrons. The van der Waals surface area contributed by atoms with Crippen LogP contribution in [0.1, 0.15) is 43.7 Å². The van der Waals surface area contributed by atoms with Crippen molar-refractivity contribution in [3.05, 3.63) is 95.1 Å². The van der Waals surface area contributed by atoms with Crippen molar-refractivity contribution in [2.45, 2.75) is 45.4 Å². The third-order valence-corrected chi connectivity index (χ3v) is 6.35. The van der Waals surface area contributed by atoms with Gasteiger partial charge in [-0.2, -0.15) is 0 Å². The quantitative estimate of drug-likeness (QED) is 0.492. The van der Waals surface area contributed by atoms with E-state index in [-0.39, 0.29) is 11.6 Å². The van der Waals surface area contributed by atoms with Crippen molar-refractivity contribution in [2.24, 2.45) is 0 Å². The van der Waals surface area contributed by atoms with Crippen LogP contribution in [0.2, 0.25) is 0 Å². The second kappa shape index (κ2) is 6.91. The molecule has 1 aromatic heterocycles.